The molecule has 4 nitrogen and oxygen atoms in total. The third-order valence-corrected chi connectivity index (χ3v) is 2.69. The number of nitrogens with zero attached hydrogens (tertiary/aromatic N) is 1. The molecule has 0 fully saturated rings. The van der Waals surface area contributed by atoms with Gasteiger partial charge in [0.15, 0.2) is 5.75 Å². The largest absolute Gasteiger partial charge is 0.488 e. The van der Waals surface area contributed by atoms with Crippen LogP contribution in [-0.2, 0) is 6.54 Å². The van der Waals surface area contributed by atoms with Gasteiger partial charge in [0.2, 0.25) is 0 Å². The summed E-state index contributed by atoms with van der Waals surface area (Å²) in [6.07, 6.45) is 2.65. The van der Waals surface area contributed by atoms with Crippen molar-refractivity contribution >= 4 is 0 Å². The fourth-order valence-electron chi connectivity index (χ4n) is 1.81. The van der Waals surface area contributed by atoms with Crippen molar-refractivity contribution in [1.29, 1.82) is 0 Å². The summed E-state index contributed by atoms with van der Waals surface area (Å²) in [4.78, 5) is 4.24. The number of aromatic nitrogens is 1. The summed E-state index contributed by atoms with van der Waals surface area (Å²) < 4.78 is 11.5. The molecule has 2 aromatic rings. The van der Waals surface area contributed by atoms with Crippen LogP contribution < -0.4 is 14.8 Å². The summed E-state index contributed by atoms with van der Waals surface area (Å²) >= 11 is 0. The average molecular weight is 272 g/mol. The number of benzene rings is 1. The second-order valence-electron chi connectivity index (χ2n) is 4.43. The molecule has 1 heterocycles. The van der Waals surface area contributed by atoms with E-state index in [0.717, 1.165) is 24.3 Å². The van der Waals surface area contributed by atoms with E-state index in [1.807, 2.05) is 37.4 Å². The summed E-state index contributed by atoms with van der Waals surface area (Å²) in [6.45, 7) is 3.53. The van der Waals surface area contributed by atoms with E-state index in [4.69, 9.17) is 9.47 Å². The Morgan fingerprint density at radius 1 is 1.20 bits per heavy atom. The molecular weight excluding hydrogens is 252 g/mol. The third kappa shape index (κ3) is 3.96. The van der Waals surface area contributed by atoms with Crippen LogP contribution in [0.4, 0.5) is 0 Å². The Labute approximate surface area is 119 Å². The molecule has 4 heteroatoms. The van der Waals surface area contributed by atoms with E-state index in [1.165, 1.54) is 0 Å². The Morgan fingerprint density at radius 2 is 2.10 bits per heavy atom. The first-order valence-electron chi connectivity index (χ1n) is 6.82. The Balaban J connectivity index is 2.14. The molecule has 0 bridgehead atoms. The summed E-state index contributed by atoms with van der Waals surface area (Å²) in [5, 5.41) is 3.12. The number of nitrogens with one attached hydrogen (secondary N) is 1. The summed E-state index contributed by atoms with van der Waals surface area (Å²) in [7, 11) is 1.92. The number of pyridine rings is 1. The highest BCUT2D eigenvalue weighted by Crippen LogP contribution is 2.29. The van der Waals surface area contributed by atoms with Crippen molar-refractivity contribution in [2.75, 3.05) is 13.7 Å². The van der Waals surface area contributed by atoms with Gasteiger partial charge in [-0.3, -0.25) is 0 Å². The highest BCUT2D eigenvalue weighted by atomic mass is 16.5. The summed E-state index contributed by atoms with van der Waals surface area (Å²) in [6, 6.07) is 11.6. The standard InChI is InChI=1S/C16H20N2O2/c1-3-10-19-15-8-5-9-18-16(15)20-14-7-4-6-13(11-14)12-17-2/h4-9,11,17H,3,10,12H2,1-2H3. The zero-order valence-corrected chi connectivity index (χ0v) is 11.9. The van der Waals surface area contributed by atoms with Crippen LogP contribution in [0.15, 0.2) is 42.6 Å². The number of rotatable bonds is 7. The number of hydrogen-bond donors (Lipinski definition) is 1. The van der Waals surface area contributed by atoms with E-state index in [-0.39, 0.29) is 0 Å². The van der Waals surface area contributed by atoms with Crippen LogP contribution in [0.25, 0.3) is 0 Å². The van der Waals surface area contributed by atoms with Crippen molar-refractivity contribution in [3.8, 4) is 17.4 Å². The van der Waals surface area contributed by atoms with E-state index >= 15 is 0 Å². The minimum absolute atomic E-state index is 0.502. The van der Waals surface area contributed by atoms with Gasteiger partial charge in [0.25, 0.3) is 5.88 Å². The molecule has 0 saturated heterocycles. The zero-order chi connectivity index (χ0) is 14.2. The van der Waals surface area contributed by atoms with Crippen molar-refractivity contribution in [1.82, 2.24) is 10.3 Å². The first kappa shape index (κ1) is 14.3. The molecule has 0 saturated carbocycles. The highest BCUT2D eigenvalue weighted by molar-refractivity contribution is 5.38. The lowest BCUT2D eigenvalue weighted by atomic mass is 10.2. The lowest BCUT2D eigenvalue weighted by Gasteiger charge is -2.11. The fourth-order valence-corrected chi connectivity index (χ4v) is 1.81. The van der Waals surface area contributed by atoms with Crippen molar-refractivity contribution in [2.45, 2.75) is 19.9 Å². The predicted molar refractivity (Wildman–Crippen MR) is 79.3 cm³/mol. The molecule has 1 N–H and O–H groups in total. The number of hydrogen-bond acceptors (Lipinski definition) is 4. The molecule has 0 aliphatic heterocycles. The van der Waals surface area contributed by atoms with Crippen LogP contribution in [-0.4, -0.2) is 18.6 Å². The second-order valence-corrected chi connectivity index (χ2v) is 4.43. The van der Waals surface area contributed by atoms with Gasteiger partial charge in [0.05, 0.1) is 6.61 Å². The lowest BCUT2D eigenvalue weighted by Crippen LogP contribution is -2.04. The van der Waals surface area contributed by atoms with Gasteiger partial charge in [-0.25, -0.2) is 4.98 Å². The molecule has 1 aromatic heterocycles. The average Bonchev–Trinajstić information content (AvgIpc) is 2.47. The Kier molecular flexibility index (Phi) is 5.38. The Hall–Kier alpha value is -2.07. The Bertz CT molecular complexity index is 544. The van der Waals surface area contributed by atoms with Crippen LogP contribution in [0.5, 0.6) is 17.4 Å². The van der Waals surface area contributed by atoms with Crippen LogP contribution in [0.3, 0.4) is 0 Å². The zero-order valence-electron chi connectivity index (χ0n) is 11.9. The van der Waals surface area contributed by atoms with Crippen molar-refractivity contribution in [3.63, 3.8) is 0 Å². The normalized spacial score (nSPS) is 10.3. The molecular formula is C16H20N2O2. The van der Waals surface area contributed by atoms with Crippen molar-refractivity contribution in [2.24, 2.45) is 0 Å². The molecule has 0 unspecified atom stereocenters. The quantitative estimate of drug-likeness (QED) is 0.839. The van der Waals surface area contributed by atoms with Gasteiger partial charge in [0.1, 0.15) is 5.75 Å². The maximum Gasteiger partial charge on any atom is 0.262 e. The number of ether oxygens (including phenoxy) is 2. The molecule has 0 aliphatic rings. The predicted octanol–water partition coefficient (Wildman–Crippen LogP) is 3.38. The topological polar surface area (TPSA) is 43.4 Å². The second kappa shape index (κ2) is 7.50. The van der Waals surface area contributed by atoms with Gasteiger partial charge in [-0.1, -0.05) is 19.1 Å². The molecule has 1 aromatic carbocycles. The van der Waals surface area contributed by atoms with Gasteiger partial charge in [0, 0.05) is 12.7 Å². The van der Waals surface area contributed by atoms with Crippen LogP contribution >= 0.6 is 0 Å². The molecule has 0 atom stereocenters. The first-order chi connectivity index (χ1) is 9.83. The molecule has 2 rings (SSSR count). The maximum absolute atomic E-state index is 5.83. The van der Waals surface area contributed by atoms with Crippen LogP contribution in [0.2, 0.25) is 0 Å². The summed E-state index contributed by atoms with van der Waals surface area (Å²) in [5.41, 5.74) is 1.16. The molecule has 0 spiro atoms. The van der Waals surface area contributed by atoms with Gasteiger partial charge < -0.3 is 14.8 Å². The van der Waals surface area contributed by atoms with Gasteiger partial charge >= 0.3 is 0 Å². The minimum Gasteiger partial charge on any atom is -0.488 e. The fraction of sp³-hybridized carbons (Fsp3) is 0.312. The third-order valence-electron chi connectivity index (χ3n) is 2.69. The van der Waals surface area contributed by atoms with Crippen molar-refractivity contribution in [3.05, 3.63) is 48.2 Å². The van der Waals surface area contributed by atoms with Crippen LogP contribution in [0.1, 0.15) is 18.9 Å². The van der Waals surface area contributed by atoms with E-state index in [0.29, 0.717) is 18.2 Å². The van der Waals surface area contributed by atoms with E-state index in [9.17, 15) is 0 Å². The van der Waals surface area contributed by atoms with E-state index in [2.05, 4.69) is 23.3 Å². The first-order valence-corrected chi connectivity index (χ1v) is 6.82. The Morgan fingerprint density at radius 3 is 2.90 bits per heavy atom. The molecule has 106 valence electrons. The maximum atomic E-state index is 5.83. The molecule has 20 heavy (non-hydrogen) atoms. The van der Waals surface area contributed by atoms with Crippen molar-refractivity contribution < 1.29 is 9.47 Å². The SMILES string of the molecule is CCCOc1cccnc1Oc1cccc(CNC)c1. The van der Waals surface area contributed by atoms with Gasteiger partial charge in [-0.15, -0.1) is 0 Å². The van der Waals surface area contributed by atoms with Gasteiger partial charge in [-0.05, 0) is 43.3 Å². The monoisotopic (exact) mass is 272 g/mol. The molecule has 0 aliphatic carbocycles. The van der Waals surface area contributed by atoms with E-state index < -0.39 is 0 Å². The highest BCUT2D eigenvalue weighted by Gasteiger charge is 2.07. The lowest BCUT2D eigenvalue weighted by molar-refractivity contribution is 0.298. The molecule has 0 radical (unpaired) electrons. The van der Waals surface area contributed by atoms with Gasteiger partial charge in [-0.2, -0.15) is 0 Å². The molecule has 0 amide bonds. The summed E-state index contributed by atoms with van der Waals surface area (Å²) in [5.74, 6) is 1.94. The van der Waals surface area contributed by atoms with E-state index in [1.54, 1.807) is 6.20 Å². The smallest absolute Gasteiger partial charge is 0.262 e. The van der Waals surface area contributed by atoms with Crippen LogP contribution in [0, 0.1) is 0 Å². The minimum atomic E-state index is 0.502.